The number of carbonyl (C=O) groups excluding carboxylic acids is 1. The van der Waals surface area contributed by atoms with Crippen LogP contribution in [-0.2, 0) is 27.4 Å². The number of carbonyl (C=O) groups is 2. The number of benzene rings is 4. The van der Waals surface area contributed by atoms with E-state index in [0.717, 1.165) is 149 Å². The molecular formula is C65H64Cl4N6O8S2. The molecule has 2 aliphatic heterocycles. The molecule has 16 rings (SSSR count). The van der Waals surface area contributed by atoms with Gasteiger partial charge in [-0.15, -0.1) is 0 Å². The Balaban J connectivity index is 0.000000144. The normalized spacial score (nSPS) is 23.8. The van der Waals surface area contributed by atoms with E-state index in [1.54, 1.807) is 28.7 Å². The molecule has 8 aliphatic rings. The minimum Gasteiger partial charge on any atom is -0.478 e. The lowest BCUT2D eigenvalue weighted by atomic mass is 9.95. The molecule has 6 aliphatic carbocycles. The molecule has 85 heavy (non-hydrogen) atoms. The van der Waals surface area contributed by atoms with Crippen molar-refractivity contribution in [3.05, 3.63) is 126 Å². The highest BCUT2D eigenvalue weighted by Gasteiger charge is 2.49. The number of nitrogens with zero attached hydrogens (tertiary/aromatic N) is 6. The van der Waals surface area contributed by atoms with Gasteiger partial charge < -0.3 is 38.2 Å². The van der Waals surface area contributed by atoms with E-state index >= 15 is 0 Å². The Bertz CT molecular complexity index is 3860. The number of hydrogen-bond donors (Lipinski definition) is 1. The lowest BCUT2D eigenvalue weighted by Gasteiger charge is -2.31. The number of carboxylic acids is 1. The summed E-state index contributed by atoms with van der Waals surface area (Å²) in [6.07, 6.45) is 18.1. The SMILES string of the molecule is COC(=O)c1cc(C2CCCC2)c2nc(N3C[C@@H]4C[C@H]3C[C@H]4OCc3c(-c4c(Cl)cccc4Cl)noc3C3CC3)sc2c1.O=C(O)c1cc(C2CCCC2)c2nc(N3C[C@@H]4C[C@H]3C[C@H]4OCc3c(-c4c(Cl)cccc4Cl)noc3C3CC3)sc2c1. The van der Waals surface area contributed by atoms with Crippen molar-refractivity contribution >= 4 is 112 Å². The molecule has 20 heteroatoms. The summed E-state index contributed by atoms with van der Waals surface area (Å²) < 4.78 is 32.1. The van der Waals surface area contributed by atoms with Crippen molar-refractivity contribution in [1.82, 2.24) is 20.3 Å². The number of carboxylic acid groups (broad SMARTS) is 1. The second kappa shape index (κ2) is 23.0. The van der Waals surface area contributed by atoms with E-state index in [9.17, 15) is 14.7 Å². The number of esters is 1. The third-order valence-corrected chi connectivity index (χ3v) is 22.9. The third-order valence-electron chi connectivity index (χ3n) is 19.5. The highest BCUT2D eigenvalue weighted by atomic mass is 35.5. The van der Waals surface area contributed by atoms with Crippen LogP contribution in [0.3, 0.4) is 0 Å². The number of aromatic nitrogens is 4. The molecule has 8 aromatic rings. The summed E-state index contributed by atoms with van der Waals surface area (Å²) in [5, 5.41) is 22.9. The molecule has 0 amide bonds. The zero-order valence-corrected chi connectivity index (χ0v) is 51.7. The van der Waals surface area contributed by atoms with Crippen LogP contribution in [0.2, 0.25) is 20.1 Å². The summed E-state index contributed by atoms with van der Waals surface area (Å²) >= 11 is 29.5. The van der Waals surface area contributed by atoms with E-state index in [0.29, 0.717) is 115 Å². The van der Waals surface area contributed by atoms with Crippen LogP contribution < -0.4 is 9.80 Å². The molecule has 6 saturated carbocycles. The van der Waals surface area contributed by atoms with Gasteiger partial charge in [-0.3, -0.25) is 0 Å². The summed E-state index contributed by atoms with van der Waals surface area (Å²) in [5.74, 6) is 3.12. The van der Waals surface area contributed by atoms with E-state index in [1.807, 2.05) is 54.6 Å². The molecule has 2 saturated heterocycles. The van der Waals surface area contributed by atoms with Crippen LogP contribution in [0, 0.1) is 11.8 Å². The van der Waals surface area contributed by atoms with Gasteiger partial charge >= 0.3 is 11.9 Å². The lowest BCUT2D eigenvalue weighted by Crippen LogP contribution is -2.38. The van der Waals surface area contributed by atoms with Crippen LogP contribution in [0.1, 0.15) is 181 Å². The maximum Gasteiger partial charge on any atom is 0.337 e. The summed E-state index contributed by atoms with van der Waals surface area (Å²) in [4.78, 5) is 39.6. The van der Waals surface area contributed by atoms with Gasteiger partial charge in [0.15, 0.2) is 10.3 Å². The highest BCUT2D eigenvalue weighted by Crippen LogP contribution is 2.52. The quantitative estimate of drug-likeness (QED) is 0.0908. The number of halogens is 4. The number of aromatic carboxylic acids is 1. The average Bonchev–Trinajstić information content (AvgIpc) is 3.87. The fourth-order valence-corrected chi connectivity index (χ4v) is 18.3. The van der Waals surface area contributed by atoms with Crippen molar-refractivity contribution in [3.8, 4) is 22.5 Å². The number of anilines is 2. The van der Waals surface area contributed by atoms with Gasteiger partial charge in [-0.25, -0.2) is 19.6 Å². The van der Waals surface area contributed by atoms with Crippen molar-refractivity contribution in [1.29, 1.82) is 0 Å². The third kappa shape index (κ3) is 10.6. The van der Waals surface area contributed by atoms with E-state index in [2.05, 4.69) is 20.1 Å². The number of methoxy groups -OCH3 is 1. The molecule has 1 N–H and O–H groups in total. The Morgan fingerprint density at radius 3 is 1.40 bits per heavy atom. The fourth-order valence-electron chi connectivity index (χ4n) is 15.0. The first kappa shape index (κ1) is 56.2. The van der Waals surface area contributed by atoms with Gasteiger partial charge in [0.05, 0.1) is 84.2 Å². The van der Waals surface area contributed by atoms with Crippen LogP contribution in [0.4, 0.5) is 10.3 Å². The molecular weight excluding hydrogens is 1200 g/mol. The van der Waals surface area contributed by atoms with Crippen molar-refractivity contribution < 1.29 is 38.0 Å². The molecule has 6 atom stereocenters. The number of hydrogen-bond acceptors (Lipinski definition) is 15. The lowest BCUT2D eigenvalue weighted by molar-refractivity contribution is 0.0122. The number of rotatable bonds is 16. The highest BCUT2D eigenvalue weighted by molar-refractivity contribution is 7.22. The fraction of sp³-hybridized carbons (Fsp3) is 0.477. The molecule has 4 aromatic carbocycles. The van der Waals surface area contributed by atoms with Crippen molar-refractivity contribution in [2.45, 2.75) is 164 Å². The van der Waals surface area contributed by atoms with E-state index in [-0.39, 0.29) is 18.2 Å². The predicted molar refractivity (Wildman–Crippen MR) is 333 cm³/mol. The Morgan fingerprint density at radius 2 is 1.01 bits per heavy atom. The molecule has 0 spiro atoms. The van der Waals surface area contributed by atoms with Gasteiger partial charge in [0.25, 0.3) is 0 Å². The molecule has 6 heterocycles. The van der Waals surface area contributed by atoms with Gasteiger partial charge in [0.1, 0.15) is 22.9 Å². The summed E-state index contributed by atoms with van der Waals surface area (Å²) in [7, 11) is 1.45. The van der Waals surface area contributed by atoms with Gasteiger partial charge in [0.2, 0.25) is 0 Å². The number of thiazole rings is 2. The van der Waals surface area contributed by atoms with E-state index in [1.165, 1.54) is 38.4 Å². The molecule has 14 nitrogen and oxygen atoms in total. The predicted octanol–water partition coefficient (Wildman–Crippen LogP) is 17.4. The number of ether oxygens (including phenoxy) is 3. The zero-order chi connectivity index (χ0) is 57.8. The molecule has 4 aromatic heterocycles. The average molecular weight is 1260 g/mol. The first-order chi connectivity index (χ1) is 41.4. The van der Waals surface area contributed by atoms with Crippen molar-refractivity contribution in [3.63, 3.8) is 0 Å². The number of fused-ring (bicyclic) bond motifs is 6. The Labute approximate surface area is 520 Å². The monoisotopic (exact) mass is 1260 g/mol. The Hall–Kier alpha value is -5.30. The molecule has 4 bridgehead atoms. The summed E-state index contributed by atoms with van der Waals surface area (Å²) in [6.45, 7) is 2.66. The van der Waals surface area contributed by atoms with Crippen molar-refractivity contribution in [2.24, 2.45) is 11.8 Å². The minimum atomic E-state index is -0.871. The summed E-state index contributed by atoms with van der Waals surface area (Å²) in [5.41, 5.74) is 10.1. The van der Waals surface area contributed by atoms with Gasteiger partial charge in [0, 0.05) is 71.1 Å². The first-order valence-electron chi connectivity index (χ1n) is 30.3. The van der Waals surface area contributed by atoms with Crippen LogP contribution in [0.5, 0.6) is 0 Å². The second-order valence-electron chi connectivity index (χ2n) is 24.8. The van der Waals surface area contributed by atoms with Crippen LogP contribution >= 0.6 is 69.1 Å². The molecule has 0 radical (unpaired) electrons. The topological polar surface area (TPSA) is 166 Å². The molecule has 0 unspecified atom stereocenters. The van der Waals surface area contributed by atoms with E-state index < -0.39 is 5.97 Å². The number of piperidine rings is 2. The Morgan fingerprint density at radius 1 is 0.588 bits per heavy atom. The molecule has 8 fully saturated rings. The molecule has 442 valence electrons. The van der Waals surface area contributed by atoms with Crippen molar-refractivity contribution in [2.75, 3.05) is 30.0 Å². The van der Waals surface area contributed by atoms with E-state index in [4.69, 9.17) is 79.6 Å². The van der Waals surface area contributed by atoms with Gasteiger partial charge in [-0.2, -0.15) is 0 Å². The smallest absolute Gasteiger partial charge is 0.337 e. The van der Waals surface area contributed by atoms with Gasteiger partial charge in [-0.1, -0.05) is 117 Å². The Kier molecular flexibility index (Phi) is 15.2. The van der Waals surface area contributed by atoms with Gasteiger partial charge in [-0.05, 0) is 149 Å². The zero-order valence-electron chi connectivity index (χ0n) is 47.0. The largest absolute Gasteiger partial charge is 0.478 e. The maximum atomic E-state index is 12.5. The minimum absolute atomic E-state index is 0.143. The van der Waals surface area contributed by atoms with Crippen LogP contribution in [-0.4, -0.2) is 81.8 Å². The second-order valence-corrected chi connectivity index (χ2v) is 28.5. The standard InChI is InChI=1S/C33H33Cl2N3O4S.C32H31Cl2N3O4S/c1-40-32(39)19-12-22(17-5-2-3-6-17)29-27(13-19)43-33(36-29)38-15-20-11-21(38)14-26(20)41-16-23-30(37-42-31(23)18-9-10-18)28-24(34)7-4-8-25(28)35;33-23-6-3-7-24(34)27(23)29-22(30(41-36-29)17-8-9-17)15-40-25-13-20-10-19(25)14-37(20)32-35-28-21(16-4-1-2-5-16)11-18(31(38)39)12-26(28)42-32/h4,7-8,12-13,17-18,20-21,26H,2-3,5-6,9-11,14-16H2,1H3;3,6-7,11-12,16-17,19-20,25H,1-2,4-5,8-10,13-15H2,(H,38,39)/t20-,21-,26+;19-,20-,25+/m00/s1. The summed E-state index contributed by atoms with van der Waals surface area (Å²) in [6, 6.07) is 19.4. The first-order valence-corrected chi connectivity index (χ1v) is 33.4. The van der Waals surface area contributed by atoms with Crippen LogP contribution in [0.15, 0.2) is 69.7 Å². The maximum absolute atomic E-state index is 12.5. The van der Waals surface area contributed by atoms with Crippen LogP contribution in [0.25, 0.3) is 42.9 Å².